The second kappa shape index (κ2) is 7.94. The molecule has 3 rings (SSSR count). The Kier molecular flexibility index (Phi) is 5.68. The summed E-state index contributed by atoms with van der Waals surface area (Å²) in [6.45, 7) is 6.33. The molecule has 0 radical (unpaired) electrons. The molecule has 130 valence electrons. The largest absolute Gasteiger partial charge is 0.369 e. The summed E-state index contributed by atoms with van der Waals surface area (Å²) in [6.07, 6.45) is 2.29. The smallest absolute Gasteiger partial charge is 0.249 e. The van der Waals surface area contributed by atoms with Crippen LogP contribution in [0.3, 0.4) is 0 Å². The number of hydrogen-bond acceptors (Lipinski definition) is 5. The summed E-state index contributed by atoms with van der Waals surface area (Å²) >= 11 is 1.74. The number of para-hydroxylation sites is 1. The number of fused-ring (bicyclic) bond motifs is 1. The van der Waals surface area contributed by atoms with E-state index in [1.165, 1.54) is 4.70 Å². The SMILES string of the molecule is CCO[C@H](CC)C(=O)NC1CCN(c2nc3ccccc3s2)CC1. The van der Waals surface area contributed by atoms with Crippen molar-refractivity contribution in [3.8, 4) is 0 Å². The molecule has 1 fully saturated rings. The molecule has 2 heterocycles. The van der Waals surface area contributed by atoms with Gasteiger partial charge in [-0.3, -0.25) is 4.79 Å². The zero-order valence-corrected chi connectivity index (χ0v) is 15.1. The Morgan fingerprint density at radius 1 is 1.38 bits per heavy atom. The number of amides is 1. The predicted molar refractivity (Wildman–Crippen MR) is 98.7 cm³/mol. The number of aromatic nitrogens is 1. The van der Waals surface area contributed by atoms with Crippen molar-refractivity contribution in [1.29, 1.82) is 0 Å². The molecule has 1 aromatic carbocycles. The minimum Gasteiger partial charge on any atom is -0.369 e. The van der Waals surface area contributed by atoms with Gasteiger partial charge in [0.25, 0.3) is 0 Å². The summed E-state index contributed by atoms with van der Waals surface area (Å²) < 4.78 is 6.72. The van der Waals surface area contributed by atoms with Crippen molar-refractivity contribution in [2.24, 2.45) is 0 Å². The predicted octanol–water partition coefficient (Wildman–Crippen LogP) is 3.20. The molecular formula is C18H25N3O2S. The average molecular weight is 347 g/mol. The van der Waals surface area contributed by atoms with Gasteiger partial charge in [0.1, 0.15) is 6.10 Å². The van der Waals surface area contributed by atoms with Crippen molar-refractivity contribution in [2.45, 2.75) is 45.3 Å². The lowest BCUT2D eigenvalue weighted by Crippen LogP contribution is -2.48. The molecule has 1 atom stereocenters. The molecule has 1 aliphatic rings. The minimum absolute atomic E-state index is 0.0257. The Hall–Kier alpha value is -1.66. The molecule has 1 aromatic heterocycles. The monoisotopic (exact) mass is 347 g/mol. The van der Waals surface area contributed by atoms with Crippen molar-refractivity contribution in [3.63, 3.8) is 0 Å². The molecule has 2 aromatic rings. The number of benzene rings is 1. The van der Waals surface area contributed by atoms with Crippen molar-refractivity contribution in [3.05, 3.63) is 24.3 Å². The third-order valence-corrected chi connectivity index (χ3v) is 5.52. The molecule has 1 aliphatic heterocycles. The number of nitrogens with one attached hydrogen (secondary N) is 1. The first-order valence-corrected chi connectivity index (χ1v) is 9.55. The van der Waals surface area contributed by atoms with Crippen LogP contribution >= 0.6 is 11.3 Å². The fourth-order valence-electron chi connectivity index (χ4n) is 3.08. The number of piperidine rings is 1. The first-order chi connectivity index (χ1) is 11.7. The molecule has 6 heteroatoms. The quantitative estimate of drug-likeness (QED) is 0.872. The van der Waals surface area contributed by atoms with Crippen LogP contribution in [0.2, 0.25) is 0 Å². The number of anilines is 1. The lowest BCUT2D eigenvalue weighted by molar-refractivity contribution is -0.133. The second-order valence-electron chi connectivity index (χ2n) is 6.09. The number of hydrogen-bond donors (Lipinski definition) is 1. The number of carbonyl (C=O) groups excluding carboxylic acids is 1. The highest BCUT2D eigenvalue weighted by Gasteiger charge is 2.25. The van der Waals surface area contributed by atoms with Gasteiger partial charge in [0.2, 0.25) is 5.91 Å². The van der Waals surface area contributed by atoms with E-state index in [0.29, 0.717) is 13.0 Å². The fourth-order valence-corrected chi connectivity index (χ4v) is 4.10. The molecule has 1 saturated heterocycles. The zero-order chi connectivity index (χ0) is 16.9. The maximum atomic E-state index is 12.2. The number of nitrogens with zero attached hydrogens (tertiary/aromatic N) is 2. The van der Waals surface area contributed by atoms with Crippen LogP contribution in [0.1, 0.15) is 33.1 Å². The Bertz CT molecular complexity index is 647. The summed E-state index contributed by atoms with van der Waals surface area (Å²) in [7, 11) is 0. The molecule has 0 aliphatic carbocycles. The van der Waals surface area contributed by atoms with E-state index in [-0.39, 0.29) is 18.1 Å². The maximum Gasteiger partial charge on any atom is 0.249 e. The highest BCUT2D eigenvalue weighted by atomic mass is 32.1. The molecule has 0 spiro atoms. The second-order valence-corrected chi connectivity index (χ2v) is 7.10. The number of carbonyl (C=O) groups is 1. The third kappa shape index (κ3) is 3.87. The molecule has 1 N–H and O–H groups in total. The van der Waals surface area contributed by atoms with Crippen LogP contribution < -0.4 is 10.2 Å². The van der Waals surface area contributed by atoms with E-state index >= 15 is 0 Å². The molecule has 0 saturated carbocycles. The van der Waals surface area contributed by atoms with Gasteiger partial charge in [-0.25, -0.2) is 4.98 Å². The van der Waals surface area contributed by atoms with Crippen LogP contribution in [0.25, 0.3) is 10.2 Å². The molecule has 0 unspecified atom stereocenters. The lowest BCUT2D eigenvalue weighted by atomic mass is 10.0. The highest BCUT2D eigenvalue weighted by molar-refractivity contribution is 7.22. The van der Waals surface area contributed by atoms with Crippen molar-refractivity contribution in [1.82, 2.24) is 10.3 Å². The van der Waals surface area contributed by atoms with Crippen molar-refractivity contribution in [2.75, 3.05) is 24.6 Å². The molecule has 24 heavy (non-hydrogen) atoms. The zero-order valence-electron chi connectivity index (χ0n) is 14.3. The Morgan fingerprint density at radius 3 is 2.79 bits per heavy atom. The van der Waals surface area contributed by atoms with Gasteiger partial charge in [-0.15, -0.1) is 0 Å². The van der Waals surface area contributed by atoms with Gasteiger partial charge in [0.05, 0.1) is 10.2 Å². The highest BCUT2D eigenvalue weighted by Crippen LogP contribution is 2.30. The molecule has 0 bridgehead atoms. The number of thiazole rings is 1. The molecule has 1 amide bonds. The van der Waals surface area contributed by atoms with Crippen LogP contribution in [0, 0.1) is 0 Å². The fraction of sp³-hybridized carbons (Fsp3) is 0.556. The molecular weight excluding hydrogens is 322 g/mol. The van der Waals surface area contributed by atoms with E-state index in [2.05, 4.69) is 28.4 Å². The maximum absolute atomic E-state index is 12.2. The van der Waals surface area contributed by atoms with E-state index < -0.39 is 0 Å². The number of rotatable bonds is 6. The average Bonchev–Trinajstić information content (AvgIpc) is 3.04. The van der Waals surface area contributed by atoms with E-state index in [1.54, 1.807) is 11.3 Å². The molecule has 5 nitrogen and oxygen atoms in total. The van der Waals surface area contributed by atoms with Gasteiger partial charge >= 0.3 is 0 Å². The Labute approximate surface area is 147 Å². The van der Waals surface area contributed by atoms with E-state index in [0.717, 1.165) is 36.6 Å². The Morgan fingerprint density at radius 2 is 2.12 bits per heavy atom. The first kappa shape index (κ1) is 17.2. The summed E-state index contributed by atoms with van der Waals surface area (Å²) in [5, 5.41) is 4.23. The minimum atomic E-state index is -0.322. The normalized spacial score (nSPS) is 17.2. The van der Waals surface area contributed by atoms with Gasteiger partial charge in [-0.2, -0.15) is 0 Å². The van der Waals surface area contributed by atoms with Crippen molar-refractivity contribution < 1.29 is 9.53 Å². The summed E-state index contributed by atoms with van der Waals surface area (Å²) in [5.41, 5.74) is 1.07. The first-order valence-electron chi connectivity index (χ1n) is 8.73. The lowest BCUT2D eigenvalue weighted by Gasteiger charge is -2.32. The van der Waals surface area contributed by atoms with E-state index in [9.17, 15) is 4.79 Å². The van der Waals surface area contributed by atoms with Gasteiger partial charge in [0.15, 0.2) is 5.13 Å². The standard InChI is InChI=1S/C18H25N3O2S/c1-3-15(23-4-2)17(22)19-13-9-11-21(12-10-13)18-20-14-7-5-6-8-16(14)24-18/h5-8,13,15H,3-4,9-12H2,1-2H3,(H,19,22)/t15-/m1/s1. The summed E-state index contributed by atoms with van der Waals surface area (Å²) in [4.78, 5) is 19.3. The van der Waals surface area contributed by atoms with Gasteiger partial charge in [0, 0.05) is 25.7 Å². The van der Waals surface area contributed by atoms with Gasteiger partial charge in [-0.1, -0.05) is 30.4 Å². The van der Waals surface area contributed by atoms with Crippen LogP contribution in [0.5, 0.6) is 0 Å². The Balaban J connectivity index is 1.54. The van der Waals surface area contributed by atoms with Gasteiger partial charge < -0.3 is 15.0 Å². The van der Waals surface area contributed by atoms with E-state index in [1.807, 2.05) is 19.9 Å². The van der Waals surface area contributed by atoms with E-state index in [4.69, 9.17) is 9.72 Å². The van der Waals surface area contributed by atoms with Crippen LogP contribution in [0.15, 0.2) is 24.3 Å². The summed E-state index contributed by atoms with van der Waals surface area (Å²) in [6, 6.07) is 8.48. The third-order valence-electron chi connectivity index (χ3n) is 4.43. The van der Waals surface area contributed by atoms with Gasteiger partial charge in [-0.05, 0) is 38.3 Å². The van der Waals surface area contributed by atoms with Crippen LogP contribution in [0.4, 0.5) is 5.13 Å². The number of ether oxygens (including phenoxy) is 1. The summed E-state index contributed by atoms with van der Waals surface area (Å²) in [5.74, 6) is 0.0257. The van der Waals surface area contributed by atoms with Crippen LogP contribution in [-0.2, 0) is 9.53 Å². The van der Waals surface area contributed by atoms with Crippen molar-refractivity contribution >= 4 is 32.6 Å². The topological polar surface area (TPSA) is 54.5 Å². The van der Waals surface area contributed by atoms with Crippen LogP contribution in [-0.4, -0.2) is 42.7 Å².